The Morgan fingerprint density at radius 3 is 2.95 bits per heavy atom. The minimum atomic E-state index is -0.0935. The van der Waals surface area contributed by atoms with Crippen molar-refractivity contribution < 1.29 is 9.53 Å². The average molecular weight is 294 g/mol. The summed E-state index contributed by atoms with van der Waals surface area (Å²) < 4.78 is 6.82. The molecular weight excluding hydrogens is 278 g/mol. The number of nitrogens with one attached hydrogen (secondary N) is 1. The number of nitrogens with zero attached hydrogens (tertiary/aromatic N) is 2. The highest BCUT2D eigenvalue weighted by Gasteiger charge is 2.08. The number of amides is 1. The van der Waals surface area contributed by atoms with Gasteiger partial charge in [0.05, 0.1) is 24.0 Å². The average Bonchev–Trinajstić information content (AvgIpc) is 2.85. The first-order valence-corrected chi connectivity index (χ1v) is 6.57. The van der Waals surface area contributed by atoms with Crippen LogP contribution in [-0.4, -0.2) is 22.8 Å². The third-order valence-corrected chi connectivity index (χ3v) is 3.18. The Labute approximate surface area is 122 Å². The van der Waals surface area contributed by atoms with Crippen molar-refractivity contribution in [2.75, 3.05) is 12.4 Å². The summed E-state index contributed by atoms with van der Waals surface area (Å²) in [5.74, 6) is 0.556. The third kappa shape index (κ3) is 3.74. The molecule has 2 aromatic rings. The van der Waals surface area contributed by atoms with E-state index in [9.17, 15) is 4.79 Å². The number of carbonyl (C=O) groups excluding carboxylic acids is 1. The number of anilines is 1. The number of hydrogen-bond donors (Lipinski definition) is 1. The van der Waals surface area contributed by atoms with Crippen molar-refractivity contribution in [1.29, 1.82) is 0 Å². The molecule has 0 unspecified atom stereocenters. The zero-order chi connectivity index (χ0) is 14.5. The number of carbonyl (C=O) groups is 1. The lowest BCUT2D eigenvalue weighted by Crippen LogP contribution is -2.12. The number of hydrogen-bond acceptors (Lipinski definition) is 3. The van der Waals surface area contributed by atoms with Gasteiger partial charge in [0, 0.05) is 25.7 Å². The lowest BCUT2D eigenvalue weighted by molar-refractivity contribution is -0.116. The monoisotopic (exact) mass is 293 g/mol. The molecule has 2 rings (SSSR count). The molecule has 0 aliphatic heterocycles. The number of halogens is 1. The zero-order valence-electron chi connectivity index (χ0n) is 11.4. The molecule has 1 aromatic heterocycles. The highest BCUT2D eigenvalue weighted by molar-refractivity contribution is 6.33. The molecule has 0 saturated heterocycles. The first-order valence-electron chi connectivity index (χ1n) is 6.19. The second-order valence-corrected chi connectivity index (χ2v) is 4.82. The van der Waals surface area contributed by atoms with E-state index in [-0.39, 0.29) is 5.91 Å². The Kier molecular flexibility index (Phi) is 4.63. The van der Waals surface area contributed by atoms with E-state index in [0.29, 0.717) is 29.3 Å². The predicted octanol–water partition coefficient (Wildman–Crippen LogP) is 2.65. The lowest BCUT2D eigenvalue weighted by Gasteiger charge is -2.08. The minimum Gasteiger partial charge on any atom is -0.497 e. The maximum Gasteiger partial charge on any atom is 0.224 e. The van der Waals surface area contributed by atoms with Gasteiger partial charge in [-0.25, -0.2) is 0 Å². The van der Waals surface area contributed by atoms with Gasteiger partial charge in [-0.05, 0) is 24.1 Å². The van der Waals surface area contributed by atoms with E-state index in [1.807, 2.05) is 13.2 Å². The highest BCUT2D eigenvalue weighted by Crippen LogP contribution is 2.26. The molecule has 5 nitrogen and oxygen atoms in total. The first-order chi connectivity index (χ1) is 9.58. The summed E-state index contributed by atoms with van der Waals surface area (Å²) in [4.78, 5) is 11.9. The summed E-state index contributed by atoms with van der Waals surface area (Å²) in [5, 5.41) is 7.33. The van der Waals surface area contributed by atoms with Crippen molar-refractivity contribution in [1.82, 2.24) is 9.78 Å². The number of methoxy groups -OCH3 is 1. The Morgan fingerprint density at radius 1 is 1.50 bits per heavy atom. The molecule has 0 atom stereocenters. The molecule has 0 aliphatic rings. The van der Waals surface area contributed by atoms with Gasteiger partial charge in [0.25, 0.3) is 0 Å². The van der Waals surface area contributed by atoms with E-state index < -0.39 is 0 Å². The number of aryl methyl sites for hydroxylation is 2. The maximum atomic E-state index is 11.9. The fourth-order valence-electron chi connectivity index (χ4n) is 1.80. The Morgan fingerprint density at radius 2 is 2.30 bits per heavy atom. The third-order valence-electron chi connectivity index (χ3n) is 2.85. The normalized spacial score (nSPS) is 10.3. The SMILES string of the molecule is COc1ccc(Cl)c(NC(=O)CCc2cnn(C)c2)c1. The largest absolute Gasteiger partial charge is 0.497 e. The van der Waals surface area contributed by atoms with Gasteiger partial charge in [-0.3, -0.25) is 9.48 Å². The first kappa shape index (κ1) is 14.4. The minimum absolute atomic E-state index is 0.0935. The van der Waals surface area contributed by atoms with Crippen molar-refractivity contribution in [3.8, 4) is 5.75 Å². The van der Waals surface area contributed by atoms with E-state index in [1.165, 1.54) is 0 Å². The van der Waals surface area contributed by atoms with Crippen LogP contribution < -0.4 is 10.1 Å². The van der Waals surface area contributed by atoms with Crippen LogP contribution in [0.1, 0.15) is 12.0 Å². The molecule has 20 heavy (non-hydrogen) atoms. The van der Waals surface area contributed by atoms with Crippen molar-refractivity contribution in [2.24, 2.45) is 7.05 Å². The van der Waals surface area contributed by atoms with Gasteiger partial charge in [-0.15, -0.1) is 0 Å². The van der Waals surface area contributed by atoms with E-state index in [0.717, 1.165) is 5.56 Å². The van der Waals surface area contributed by atoms with Crippen LogP contribution in [0.15, 0.2) is 30.6 Å². The molecule has 1 aromatic carbocycles. The van der Waals surface area contributed by atoms with Gasteiger partial charge in [0.15, 0.2) is 0 Å². The van der Waals surface area contributed by atoms with Crippen LogP contribution in [-0.2, 0) is 18.3 Å². The molecule has 1 heterocycles. The molecule has 1 N–H and O–H groups in total. The molecule has 1 amide bonds. The molecule has 0 spiro atoms. The van der Waals surface area contributed by atoms with Crippen LogP contribution >= 0.6 is 11.6 Å². The second-order valence-electron chi connectivity index (χ2n) is 4.42. The molecule has 0 aliphatic carbocycles. The van der Waals surface area contributed by atoms with Gasteiger partial charge < -0.3 is 10.1 Å². The second kappa shape index (κ2) is 6.43. The van der Waals surface area contributed by atoms with Crippen LogP contribution in [0, 0.1) is 0 Å². The summed E-state index contributed by atoms with van der Waals surface area (Å²) in [7, 11) is 3.41. The topological polar surface area (TPSA) is 56.1 Å². The maximum absolute atomic E-state index is 11.9. The van der Waals surface area contributed by atoms with E-state index in [4.69, 9.17) is 16.3 Å². The number of benzene rings is 1. The Hall–Kier alpha value is -2.01. The smallest absolute Gasteiger partial charge is 0.224 e. The summed E-state index contributed by atoms with van der Waals surface area (Å²) in [6.07, 6.45) is 4.66. The lowest BCUT2D eigenvalue weighted by atomic mass is 10.2. The molecular formula is C14H16ClN3O2. The molecule has 0 fully saturated rings. The number of rotatable bonds is 5. The van der Waals surface area contributed by atoms with E-state index in [2.05, 4.69) is 10.4 Å². The Balaban J connectivity index is 1.94. The van der Waals surface area contributed by atoms with Crippen LogP contribution in [0.25, 0.3) is 0 Å². The van der Waals surface area contributed by atoms with Crippen molar-refractivity contribution >= 4 is 23.2 Å². The fourth-order valence-corrected chi connectivity index (χ4v) is 1.96. The molecule has 6 heteroatoms. The van der Waals surface area contributed by atoms with Gasteiger partial charge >= 0.3 is 0 Å². The standard InChI is InChI=1S/C14H16ClN3O2/c1-18-9-10(8-16-18)3-6-14(19)17-13-7-11(20-2)4-5-12(13)15/h4-5,7-9H,3,6H2,1-2H3,(H,17,19). The Bertz CT molecular complexity index is 610. The van der Waals surface area contributed by atoms with Crippen LogP contribution in [0.3, 0.4) is 0 Å². The van der Waals surface area contributed by atoms with E-state index >= 15 is 0 Å². The van der Waals surface area contributed by atoms with Gasteiger partial charge in [-0.2, -0.15) is 5.10 Å². The quantitative estimate of drug-likeness (QED) is 0.922. The van der Waals surface area contributed by atoms with Crippen LogP contribution in [0.4, 0.5) is 5.69 Å². The molecule has 0 radical (unpaired) electrons. The van der Waals surface area contributed by atoms with Gasteiger partial charge in [0.2, 0.25) is 5.91 Å². The molecule has 106 valence electrons. The summed E-state index contributed by atoms with van der Waals surface area (Å²) in [6, 6.07) is 5.13. The summed E-state index contributed by atoms with van der Waals surface area (Å²) in [5.41, 5.74) is 1.58. The van der Waals surface area contributed by atoms with Crippen LogP contribution in [0.5, 0.6) is 5.75 Å². The number of aromatic nitrogens is 2. The zero-order valence-corrected chi connectivity index (χ0v) is 12.1. The van der Waals surface area contributed by atoms with Gasteiger partial charge in [-0.1, -0.05) is 11.6 Å². The predicted molar refractivity (Wildman–Crippen MR) is 78.2 cm³/mol. The van der Waals surface area contributed by atoms with Crippen molar-refractivity contribution in [2.45, 2.75) is 12.8 Å². The van der Waals surface area contributed by atoms with Crippen molar-refractivity contribution in [3.05, 3.63) is 41.2 Å². The van der Waals surface area contributed by atoms with Gasteiger partial charge in [0.1, 0.15) is 5.75 Å². The molecule has 0 saturated carbocycles. The highest BCUT2D eigenvalue weighted by atomic mass is 35.5. The van der Waals surface area contributed by atoms with Crippen LogP contribution in [0.2, 0.25) is 5.02 Å². The van der Waals surface area contributed by atoms with E-state index in [1.54, 1.807) is 36.2 Å². The summed E-state index contributed by atoms with van der Waals surface area (Å²) in [6.45, 7) is 0. The molecule has 0 bridgehead atoms. The number of ether oxygens (including phenoxy) is 1. The summed E-state index contributed by atoms with van der Waals surface area (Å²) >= 11 is 6.03. The fraction of sp³-hybridized carbons (Fsp3) is 0.286. The van der Waals surface area contributed by atoms with Crippen molar-refractivity contribution in [3.63, 3.8) is 0 Å².